The Hall–Kier alpha value is -1.22. The predicted octanol–water partition coefficient (Wildman–Crippen LogP) is 3.50. The second-order valence-corrected chi connectivity index (χ2v) is 5.67. The average Bonchev–Trinajstić information content (AvgIpc) is 2.50. The monoisotopic (exact) mass is 277 g/mol. The van der Waals surface area contributed by atoms with Gasteiger partial charge in [0.25, 0.3) is 0 Å². The molecule has 0 aliphatic rings. The van der Waals surface area contributed by atoms with Gasteiger partial charge in [-0.05, 0) is 63.9 Å². The number of nitrogens with zero attached hydrogens (tertiary/aromatic N) is 1. The quantitative estimate of drug-likeness (QED) is 0.761. The van der Waals surface area contributed by atoms with E-state index in [-0.39, 0.29) is 0 Å². The maximum absolute atomic E-state index is 3.31. The molecule has 1 aromatic carbocycles. The molecular weight excluding hydrogens is 246 g/mol. The van der Waals surface area contributed by atoms with E-state index in [0.717, 1.165) is 6.42 Å². The highest BCUT2D eigenvalue weighted by atomic mass is 15.1. The van der Waals surface area contributed by atoms with E-state index in [4.69, 9.17) is 0 Å². The summed E-state index contributed by atoms with van der Waals surface area (Å²) >= 11 is 0. The Kier molecular flexibility index (Phi) is 6.86. The molecule has 0 fully saturated rings. The van der Waals surface area contributed by atoms with Crippen LogP contribution in [-0.4, -0.2) is 33.2 Å². The van der Waals surface area contributed by atoms with Crippen LogP contribution in [0.25, 0.3) is 0 Å². The maximum atomic E-state index is 3.31. The summed E-state index contributed by atoms with van der Waals surface area (Å²) in [7, 11) is 6.22. The first kappa shape index (κ1) is 16.8. The molecule has 1 aromatic rings. The van der Waals surface area contributed by atoms with Gasteiger partial charge >= 0.3 is 0 Å². The van der Waals surface area contributed by atoms with E-state index in [0.29, 0.717) is 12.1 Å². The van der Waals surface area contributed by atoms with Crippen LogP contribution in [0.3, 0.4) is 0 Å². The molecule has 0 saturated carbocycles. The zero-order valence-electron chi connectivity index (χ0n) is 14.0. The lowest BCUT2D eigenvalue weighted by atomic mass is 10.0. The highest BCUT2D eigenvalue weighted by molar-refractivity contribution is 5.61. The van der Waals surface area contributed by atoms with Crippen molar-refractivity contribution in [3.8, 4) is 0 Å². The van der Waals surface area contributed by atoms with Crippen molar-refractivity contribution in [1.29, 1.82) is 0 Å². The molecule has 0 saturated heterocycles. The van der Waals surface area contributed by atoms with Crippen LogP contribution in [0, 0.1) is 0 Å². The van der Waals surface area contributed by atoms with Crippen LogP contribution in [0.5, 0.6) is 0 Å². The normalized spacial score (nSPS) is 13.9. The van der Waals surface area contributed by atoms with E-state index in [2.05, 4.69) is 61.6 Å². The Morgan fingerprint density at radius 3 is 2.40 bits per heavy atom. The molecule has 1 rings (SSSR count). The third-order valence-corrected chi connectivity index (χ3v) is 4.30. The van der Waals surface area contributed by atoms with Crippen molar-refractivity contribution in [3.05, 3.63) is 23.8 Å². The largest absolute Gasteiger partial charge is 0.388 e. The first-order valence-electron chi connectivity index (χ1n) is 7.74. The van der Waals surface area contributed by atoms with Crippen molar-refractivity contribution in [3.63, 3.8) is 0 Å². The summed E-state index contributed by atoms with van der Waals surface area (Å²) in [5.41, 5.74) is 3.96. The minimum absolute atomic E-state index is 0.552. The fourth-order valence-electron chi connectivity index (χ4n) is 2.43. The topological polar surface area (TPSA) is 27.3 Å². The SMILES string of the molecule is CCc1cc(NC)ccc1N(C)C(C)CCC(C)NC. The van der Waals surface area contributed by atoms with Crippen LogP contribution in [-0.2, 0) is 6.42 Å². The summed E-state index contributed by atoms with van der Waals surface area (Å²) in [6.45, 7) is 6.78. The van der Waals surface area contributed by atoms with Crippen LogP contribution in [0.4, 0.5) is 11.4 Å². The minimum atomic E-state index is 0.552. The summed E-state index contributed by atoms with van der Waals surface area (Å²) < 4.78 is 0. The molecule has 0 aliphatic carbocycles. The van der Waals surface area contributed by atoms with Crippen molar-refractivity contribution in [2.75, 3.05) is 31.4 Å². The molecule has 0 aromatic heterocycles. The van der Waals surface area contributed by atoms with Gasteiger partial charge in [0, 0.05) is 37.6 Å². The van der Waals surface area contributed by atoms with Crippen molar-refractivity contribution in [2.24, 2.45) is 0 Å². The number of rotatable bonds is 8. The van der Waals surface area contributed by atoms with Crippen molar-refractivity contribution < 1.29 is 0 Å². The van der Waals surface area contributed by atoms with Crippen LogP contribution >= 0.6 is 0 Å². The number of hydrogen-bond donors (Lipinski definition) is 2. The summed E-state index contributed by atoms with van der Waals surface area (Å²) in [6, 6.07) is 7.80. The molecule has 0 amide bonds. The second-order valence-electron chi connectivity index (χ2n) is 5.67. The van der Waals surface area contributed by atoms with E-state index in [1.807, 2.05) is 14.1 Å². The highest BCUT2D eigenvalue weighted by Gasteiger charge is 2.14. The van der Waals surface area contributed by atoms with Crippen LogP contribution < -0.4 is 15.5 Å². The van der Waals surface area contributed by atoms with E-state index in [1.165, 1.54) is 29.8 Å². The average molecular weight is 277 g/mol. The van der Waals surface area contributed by atoms with Gasteiger partial charge in [0.1, 0.15) is 0 Å². The van der Waals surface area contributed by atoms with E-state index in [9.17, 15) is 0 Å². The van der Waals surface area contributed by atoms with Gasteiger partial charge in [-0.2, -0.15) is 0 Å². The molecule has 0 heterocycles. The van der Waals surface area contributed by atoms with Gasteiger partial charge < -0.3 is 15.5 Å². The van der Waals surface area contributed by atoms with Gasteiger partial charge in [0.15, 0.2) is 0 Å². The lowest BCUT2D eigenvalue weighted by Gasteiger charge is -2.30. The summed E-state index contributed by atoms with van der Waals surface area (Å²) in [5.74, 6) is 0. The Morgan fingerprint density at radius 2 is 1.85 bits per heavy atom. The first-order chi connectivity index (χ1) is 9.53. The van der Waals surface area contributed by atoms with E-state index < -0.39 is 0 Å². The van der Waals surface area contributed by atoms with Gasteiger partial charge in [-0.25, -0.2) is 0 Å². The smallest absolute Gasteiger partial charge is 0.0399 e. The molecule has 2 N–H and O–H groups in total. The summed E-state index contributed by atoms with van der Waals surface area (Å²) in [5, 5.41) is 6.53. The molecule has 2 unspecified atom stereocenters. The zero-order chi connectivity index (χ0) is 15.1. The Balaban J connectivity index is 2.77. The lowest BCUT2D eigenvalue weighted by Crippen LogP contribution is -2.32. The summed E-state index contributed by atoms with van der Waals surface area (Å²) in [6.07, 6.45) is 3.47. The lowest BCUT2D eigenvalue weighted by molar-refractivity contribution is 0.499. The van der Waals surface area contributed by atoms with Gasteiger partial charge in [0.2, 0.25) is 0 Å². The molecular formula is C17H31N3. The van der Waals surface area contributed by atoms with Crippen molar-refractivity contribution in [2.45, 2.75) is 52.1 Å². The maximum Gasteiger partial charge on any atom is 0.0399 e. The van der Waals surface area contributed by atoms with Gasteiger partial charge in [-0.3, -0.25) is 0 Å². The zero-order valence-corrected chi connectivity index (χ0v) is 14.0. The Bertz CT molecular complexity index is 403. The first-order valence-corrected chi connectivity index (χ1v) is 7.74. The molecule has 0 aliphatic heterocycles. The number of benzene rings is 1. The number of anilines is 2. The highest BCUT2D eigenvalue weighted by Crippen LogP contribution is 2.26. The molecule has 3 nitrogen and oxygen atoms in total. The fourth-order valence-corrected chi connectivity index (χ4v) is 2.43. The second kappa shape index (κ2) is 8.15. The third-order valence-electron chi connectivity index (χ3n) is 4.30. The number of hydrogen-bond acceptors (Lipinski definition) is 3. The van der Waals surface area contributed by atoms with E-state index in [1.54, 1.807) is 0 Å². The van der Waals surface area contributed by atoms with Crippen LogP contribution in [0.2, 0.25) is 0 Å². The molecule has 20 heavy (non-hydrogen) atoms. The molecule has 3 heteroatoms. The van der Waals surface area contributed by atoms with Gasteiger partial charge in [0.05, 0.1) is 0 Å². The van der Waals surface area contributed by atoms with Gasteiger partial charge in [-0.1, -0.05) is 6.92 Å². The van der Waals surface area contributed by atoms with Gasteiger partial charge in [-0.15, -0.1) is 0 Å². The van der Waals surface area contributed by atoms with Crippen molar-refractivity contribution in [1.82, 2.24) is 5.32 Å². The Morgan fingerprint density at radius 1 is 1.15 bits per heavy atom. The standard InChI is InChI=1S/C17H31N3/c1-7-15-12-16(19-5)10-11-17(15)20(6)14(3)9-8-13(2)18-4/h10-14,18-19H,7-9H2,1-6H3. The van der Waals surface area contributed by atoms with E-state index >= 15 is 0 Å². The summed E-state index contributed by atoms with van der Waals surface area (Å²) in [4.78, 5) is 2.42. The molecule has 2 atom stereocenters. The number of aryl methyl sites for hydroxylation is 1. The number of nitrogens with one attached hydrogen (secondary N) is 2. The fraction of sp³-hybridized carbons (Fsp3) is 0.647. The predicted molar refractivity (Wildman–Crippen MR) is 91.0 cm³/mol. The van der Waals surface area contributed by atoms with Crippen molar-refractivity contribution >= 4 is 11.4 Å². The Labute approximate surface area is 124 Å². The molecule has 0 radical (unpaired) electrons. The molecule has 114 valence electrons. The van der Waals surface area contributed by atoms with Crippen LogP contribution in [0.1, 0.15) is 39.2 Å². The molecule has 0 bridgehead atoms. The van der Waals surface area contributed by atoms with Crippen LogP contribution in [0.15, 0.2) is 18.2 Å². The molecule has 0 spiro atoms. The minimum Gasteiger partial charge on any atom is -0.388 e. The third kappa shape index (κ3) is 4.41.